The highest BCUT2D eigenvalue weighted by atomic mass is 32.2. The molecule has 0 heterocycles. The van der Waals surface area contributed by atoms with Crippen LogP contribution in [-0.2, 0) is 16.2 Å². The minimum absolute atomic E-state index is 0.0786. The van der Waals surface area contributed by atoms with E-state index in [1.54, 1.807) is 0 Å². The van der Waals surface area contributed by atoms with E-state index in [1.807, 2.05) is 0 Å². The van der Waals surface area contributed by atoms with Gasteiger partial charge in [-0.25, -0.2) is 13.1 Å². The minimum Gasteiger partial charge on any atom is -0.328 e. The Morgan fingerprint density at radius 3 is 2.27 bits per heavy atom. The summed E-state index contributed by atoms with van der Waals surface area (Å²) in [6, 6.07) is 2.53. The lowest BCUT2D eigenvalue weighted by atomic mass is 9.93. The smallest absolute Gasteiger partial charge is 0.328 e. The van der Waals surface area contributed by atoms with Gasteiger partial charge in [0.2, 0.25) is 10.0 Å². The molecule has 1 fully saturated rings. The number of benzene rings is 1. The molecule has 0 saturated heterocycles. The number of nitrogens with one attached hydrogen (secondary N) is 1. The van der Waals surface area contributed by atoms with Gasteiger partial charge in [0, 0.05) is 12.1 Å². The first-order chi connectivity index (χ1) is 10.1. The van der Waals surface area contributed by atoms with Gasteiger partial charge < -0.3 is 5.73 Å². The van der Waals surface area contributed by atoms with Crippen molar-refractivity contribution in [1.29, 1.82) is 0 Å². The molecular formula is C14H19F3N2O2S. The Bertz CT molecular complexity index is 636. The normalized spacial score (nSPS) is 23.5. The van der Waals surface area contributed by atoms with Crippen LogP contribution < -0.4 is 10.5 Å². The largest absolute Gasteiger partial charge is 0.416 e. The molecule has 1 saturated carbocycles. The van der Waals surface area contributed by atoms with Crippen molar-refractivity contribution in [2.45, 2.75) is 55.8 Å². The average Bonchev–Trinajstić information content (AvgIpc) is 2.39. The zero-order chi connectivity index (χ0) is 16.5. The van der Waals surface area contributed by atoms with E-state index in [0.29, 0.717) is 12.8 Å². The SMILES string of the molecule is Cc1cc(C(F)(F)F)ccc1S(=O)(=O)NC1CCC(N)CC1. The van der Waals surface area contributed by atoms with Gasteiger partial charge >= 0.3 is 6.18 Å². The second-order valence-electron chi connectivity index (χ2n) is 5.71. The second kappa shape index (κ2) is 6.17. The maximum absolute atomic E-state index is 12.6. The Kier molecular flexibility index (Phi) is 4.84. The van der Waals surface area contributed by atoms with Crippen molar-refractivity contribution < 1.29 is 21.6 Å². The van der Waals surface area contributed by atoms with Gasteiger partial charge in [0.1, 0.15) is 0 Å². The number of alkyl halides is 3. The van der Waals surface area contributed by atoms with Gasteiger partial charge in [-0.05, 0) is 56.4 Å². The molecule has 0 spiro atoms. The predicted octanol–water partition coefficient (Wildman–Crippen LogP) is 2.56. The maximum Gasteiger partial charge on any atom is 0.416 e. The summed E-state index contributed by atoms with van der Waals surface area (Å²) in [5, 5.41) is 0. The number of rotatable bonds is 3. The Labute approximate surface area is 127 Å². The first-order valence-corrected chi connectivity index (χ1v) is 8.53. The highest BCUT2D eigenvalue weighted by Gasteiger charge is 2.32. The number of nitrogens with two attached hydrogens (primary N) is 1. The third-order valence-electron chi connectivity index (χ3n) is 3.89. The average molecular weight is 336 g/mol. The number of aryl methyl sites for hydroxylation is 1. The zero-order valence-electron chi connectivity index (χ0n) is 12.2. The molecule has 0 aliphatic heterocycles. The first-order valence-electron chi connectivity index (χ1n) is 7.05. The summed E-state index contributed by atoms with van der Waals surface area (Å²) in [4.78, 5) is -0.115. The van der Waals surface area contributed by atoms with Crippen molar-refractivity contribution in [3.63, 3.8) is 0 Å². The van der Waals surface area contributed by atoms with Crippen LogP contribution in [0.5, 0.6) is 0 Å². The molecule has 0 unspecified atom stereocenters. The highest BCUT2D eigenvalue weighted by Crippen LogP contribution is 2.31. The number of hydrogen-bond donors (Lipinski definition) is 2. The first kappa shape index (κ1) is 17.2. The van der Waals surface area contributed by atoms with Crippen LogP contribution in [0, 0.1) is 6.92 Å². The van der Waals surface area contributed by atoms with Gasteiger partial charge in [-0.3, -0.25) is 0 Å². The fourth-order valence-corrected chi connectivity index (χ4v) is 4.18. The Hall–Kier alpha value is -1.12. The molecule has 8 heteroatoms. The van der Waals surface area contributed by atoms with E-state index in [2.05, 4.69) is 4.72 Å². The molecule has 4 nitrogen and oxygen atoms in total. The molecular weight excluding hydrogens is 317 g/mol. The summed E-state index contributed by atoms with van der Waals surface area (Å²) in [5.74, 6) is 0. The molecule has 0 atom stereocenters. The Balaban J connectivity index is 2.19. The summed E-state index contributed by atoms with van der Waals surface area (Å²) in [7, 11) is -3.83. The van der Waals surface area contributed by atoms with Crippen LogP contribution in [-0.4, -0.2) is 20.5 Å². The third kappa shape index (κ3) is 3.99. The summed E-state index contributed by atoms with van der Waals surface area (Å²) in [6.45, 7) is 1.36. The van der Waals surface area contributed by atoms with Crippen molar-refractivity contribution in [3.05, 3.63) is 29.3 Å². The molecule has 22 heavy (non-hydrogen) atoms. The van der Waals surface area contributed by atoms with Gasteiger partial charge in [0.15, 0.2) is 0 Å². The van der Waals surface area contributed by atoms with Gasteiger partial charge in [-0.15, -0.1) is 0 Å². The van der Waals surface area contributed by atoms with Crippen LogP contribution in [0.4, 0.5) is 13.2 Å². The van der Waals surface area contributed by atoms with Gasteiger partial charge in [-0.2, -0.15) is 13.2 Å². The zero-order valence-corrected chi connectivity index (χ0v) is 13.0. The van der Waals surface area contributed by atoms with Crippen LogP contribution in [0.2, 0.25) is 0 Å². The van der Waals surface area contributed by atoms with E-state index in [0.717, 1.165) is 31.0 Å². The summed E-state index contributed by atoms with van der Waals surface area (Å²) in [6.07, 6.45) is -1.74. The van der Waals surface area contributed by atoms with Crippen LogP contribution in [0.3, 0.4) is 0 Å². The van der Waals surface area contributed by atoms with E-state index >= 15 is 0 Å². The summed E-state index contributed by atoms with van der Waals surface area (Å²) >= 11 is 0. The highest BCUT2D eigenvalue weighted by molar-refractivity contribution is 7.89. The van der Waals surface area contributed by atoms with Crippen LogP contribution in [0.1, 0.15) is 36.8 Å². The summed E-state index contributed by atoms with van der Waals surface area (Å²) in [5.41, 5.74) is 4.99. The van der Waals surface area contributed by atoms with Crippen LogP contribution in [0.15, 0.2) is 23.1 Å². The quantitative estimate of drug-likeness (QED) is 0.891. The molecule has 0 aromatic heterocycles. The van der Waals surface area contributed by atoms with Crippen molar-refractivity contribution >= 4 is 10.0 Å². The van der Waals surface area contributed by atoms with Gasteiger partial charge in [-0.1, -0.05) is 0 Å². The molecule has 1 aromatic carbocycles. The predicted molar refractivity (Wildman–Crippen MR) is 76.7 cm³/mol. The molecule has 2 rings (SSSR count). The van der Waals surface area contributed by atoms with Gasteiger partial charge in [0.05, 0.1) is 10.5 Å². The van der Waals surface area contributed by atoms with Crippen molar-refractivity contribution in [1.82, 2.24) is 4.72 Å². The number of halogens is 3. The molecule has 1 aliphatic carbocycles. The van der Waals surface area contributed by atoms with Crippen LogP contribution >= 0.6 is 0 Å². The molecule has 0 bridgehead atoms. The van der Waals surface area contributed by atoms with E-state index in [4.69, 9.17) is 5.73 Å². The summed E-state index contributed by atoms with van der Waals surface area (Å²) < 4.78 is 65.1. The molecule has 1 aromatic rings. The third-order valence-corrected chi connectivity index (χ3v) is 5.57. The molecule has 1 aliphatic rings. The van der Waals surface area contributed by atoms with Crippen molar-refractivity contribution in [2.75, 3.05) is 0 Å². The van der Waals surface area contributed by atoms with E-state index < -0.39 is 21.8 Å². The molecule has 124 valence electrons. The molecule has 0 amide bonds. The lowest BCUT2D eigenvalue weighted by molar-refractivity contribution is -0.137. The number of sulfonamides is 1. The van der Waals surface area contributed by atoms with Crippen molar-refractivity contribution in [2.24, 2.45) is 5.73 Å². The van der Waals surface area contributed by atoms with Crippen molar-refractivity contribution in [3.8, 4) is 0 Å². The lowest BCUT2D eigenvalue weighted by Gasteiger charge is -2.26. The molecule has 0 radical (unpaired) electrons. The van der Waals surface area contributed by atoms with E-state index in [1.165, 1.54) is 6.92 Å². The fraction of sp³-hybridized carbons (Fsp3) is 0.571. The van der Waals surface area contributed by atoms with Crippen LogP contribution in [0.25, 0.3) is 0 Å². The number of hydrogen-bond acceptors (Lipinski definition) is 3. The monoisotopic (exact) mass is 336 g/mol. The maximum atomic E-state index is 12.6. The topological polar surface area (TPSA) is 72.2 Å². The Morgan fingerprint density at radius 1 is 1.18 bits per heavy atom. The Morgan fingerprint density at radius 2 is 1.77 bits per heavy atom. The minimum atomic E-state index is -4.49. The standard InChI is InChI=1S/C14H19F3N2O2S/c1-9-8-10(14(15,16)17)2-7-13(9)22(20,21)19-12-5-3-11(18)4-6-12/h2,7-8,11-12,19H,3-6,18H2,1H3. The second-order valence-corrected chi connectivity index (χ2v) is 7.39. The van der Waals surface area contributed by atoms with E-state index in [-0.39, 0.29) is 22.5 Å². The fourth-order valence-electron chi connectivity index (χ4n) is 2.65. The molecule has 3 N–H and O–H groups in total. The van der Waals surface area contributed by atoms with E-state index in [9.17, 15) is 21.6 Å². The van der Waals surface area contributed by atoms with Gasteiger partial charge in [0.25, 0.3) is 0 Å². The lowest BCUT2D eigenvalue weighted by Crippen LogP contribution is -2.40.